The fourth-order valence-electron chi connectivity index (χ4n) is 0.999. The van der Waals surface area contributed by atoms with Crippen LogP contribution in [0.5, 0.6) is 0 Å². The summed E-state index contributed by atoms with van der Waals surface area (Å²) < 4.78 is 2.72. The maximum atomic E-state index is 11.7. The van der Waals surface area contributed by atoms with Crippen LogP contribution in [0.2, 0.25) is 0 Å². The van der Waals surface area contributed by atoms with E-state index in [1.807, 2.05) is 0 Å². The van der Waals surface area contributed by atoms with Gasteiger partial charge in [-0.3, -0.25) is 4.79 Å². The van der Waals surface area contributed by atoms with Crippen molar-refractivity contribution in [2.45, 2.75) is 26.8 Å². The molecule has 78 valence electrons. The Hall–Kier alpha value is -0.160. The van der Waals surface area contributed by atoms with Gasteiger partial charge < -0.3 is 0 Å². The summed E-state index contributed by atoms with van der Waals surface area (Å²) in [6, 6.07) is 0. The van der Waals surface area contributed by atoms with E-state index < -0.39 is 0 Å². The minimum atomic E-state index is -0.0836. The number of aromatic nitrogens is 2. The molecule has 0 spiro atoms. The highest BCUT2D eigenvalue weighted by molar-refractivity contribution is 9.13. The highest BCUT2D eigenvalue weighted by atomic mass is 79.9. The SMILES string of the molecule is CCC(C)Cn1ncc(Br)c(Br)c1=O. The second-order valence-corrected chi connectivity index (χ2v) is 4.95. The quantitative estimate of drug-likeness (QED) is 0.857. The maximum Gasteiger partial charge on any atom is 0.282 e. The number of hydrogen-bond donors (Lipinski definition) is 0. The van der Waals surface area contributed by atoms with Crippen LogP contribution in [0.15, 0.2) is 19.9 Å². The first-order valence-corrected chi connectivity index (χ1v) is 6.06. The third-order valence-corrected chi connectivity index (χ3v) is 4.02. The Labute approximate surface area is 99.8 Å². The van der Waals surface area contributed by atoms with Crippen molar-refractivity contribution in [3.63, 3.8) is 0 Å². The van der Waals surface area contributed by atoms with Crippen LogP contribution in [0.1, 0.15) is 20.3 Å². The zero-order valence-corrected chi connectivity index (χ0v) is 11.3. The van der Waals surface area contributed by atoms with Crippen LogP contribution in [-0.2, 0) is 6.54 Å². The largest absolute Gasteiger partial charge is 0.282 e. The fourth-order valence-corrected chi connectivity index (χ4v) is 1.57. The lowest BCUT2D eigenvalue weighted by atomic mass is 10.1. The maximum absolute atomic E-state index is 11.7. The van der Waals surface area contributed by atoms with E-state index >= 15 is 0 Å². The van der Waals surface area contributed by atoms with Crippen LogP contribution >= 0.6 is 31.9 Å². The minimum Gasteiger partial charge on any atom is -0.266 e. The summed E-state index contributed by atoms with van der Waals surface area (Å²) in [5.41, 5.74) is -0.0836. The van der Waals surface area contributed by atoms with Gasteiger partial charge in [0.1, 0.15) is 4.47 Å². The van der Waals surface area contributed by atoms with E-state index in [1.165, 1.54) is 4.68 Å². The topological polar surface area (TPSA) is 34.9 Å². The van der Waals surface area contributed by atoms with Crippen molar-refractivity contribution in [3.05, 3.63) is 25.5 Å². The van der Waals surface area contributed by atoms with Gasteiger partial charge in [-0.15, -0.1) is 0 Å². The van der Waals surface area contributed by atoms with Crippen molar-refractivity contribution in [2.75, 3.05) is 0 Å². The van der Waals surface area contributed by atoms with Crippen LogP contribution in [0.3, 0.4) is 0 Å². The molecule has 1 unspecified atom stereocenters. The van der Waals surface area contributed by atoms with E-state index in [2.05, 4.69) is 50.8 Å². The molecule has 1 atom stereocenters. The van der Waals surface area contributed by atoms with E-state index in [-0.39, 0.29) is 5.56 Å². The lowest BCUT2D eigenvalue weighted by Gasteiger charge is -2.10. The standard InChI is InChI=1S/C9H12Br2N2O/c1-3-6(2)5-13-9(14)8(11)7(10)4-12-13/h4,6H,3,5H2,1-2H3. The first-order chi connectivity index (χ1) is 6.56. The van der Waals surface area contributed by atoms with E-state index in [4.69, 9.17) is 0 Å². The van der Waals surface area contributed by atoms with Crippen molar-refractivity contribution < 1.29 is 0 Å². The lowest BCUT2D eigenvalue weighted by molar-refractivity contribution is 0.422. The summed E-state index contributed by atoms with van der Waals surface area (Å²) in [7, 11) is 0. The Bertz CT molecular complexity index is 376. The molecular weight excluding hydrogens is 312 g/mol. The van der Waals surface area contributed by atoms with Crippen molar-refractivity contribution in [2.24, 2.45) is 5.92 Å². The van der Waals surface area contributed by atoms with Gasteiger partial charge in [-0.1, -0.05) is 20.3 Å². The van der Waals surface area contributed by atoms with E-state index in [0.29, 0.717) is 21.4 Å². The van der Waals surface area contributed by atoms with Crippen molar-refractivity contribution in [3.8, 4) is 0 Å². The molecule has 1 rings (SSSR count). The molecule has 1 heterocycles. The van der Waals surface area contributed by atoms with Gasteiger partial charge in [0.25, 0.3) is 5.56 Å². The van der Waals surface area contributed by atoms with Gasteiger partial charge in [-0.25, -0.2) is 4.68 Å². The van der Waals surface area contributed by atoms with Crippen molar-refractivity contribution in [1.29, 1.82) is 0 Å². The Morgan fingerprint density at radius 2 is 2.21 bits per heavy atom. The predicted octanol–water partition coefficient (Wildman–Crippen LogP) is 2.81. The Morgan fingerprint density at radius 3 is 2.79 bits per heavy atom. The van der Waals surface area contributed by atoms with Gasteiger partial charge in [-0.2, -0.15) is 5.10 Å². The lowest BCUT2D eigenvalue weighted by Crippen LogP contribution is -2.26. The summed E-state index contributed by atoms with van der Waals surface area (Å²) in [6.07, 6.45) is 2.68. The van der Waals surface area contributed by atoms with Crippen LogP contribution in [0.4, 0.5) is 0 Å². The van der Waals surface area contributed by atoms with Crippen LogP contribution in [0, 0.1) is 5.92 Å². The molecule has 0 aliphatic carbocycles. The monoisotopic (exact) mass is 322 g/mol. The van der Waals surface area contributed by atoms with E-state index in [0.717, 1.165) is 6.42 Å². The third-order valence-electron chi connectivity index (χ3n) is 2.12. The smallest absolute Gasteiger partial charge is 0.266 e. The van der Waals surface area contributed by atoms with E-state index in [1.54, 1.807) is 6.20 Å². The molecule has 0 aliphatic rings. The Morgan fingerprint density at radius 1 is 1.57 bits per heavy atom. The summed E-state index contributed by atoms with van der Waals surface area (Å²) in [4.78, 5) is 11.7. The molecule has 0 radical (unpaired) electrons. The third kappa shape index (κ3) is 2.67. The summed E-state index contributed by atoms with van der Waals surface area (Å²) in [6.45, 7) is 4.87. The Balaban J connectivity index is 3.00. The minimum absolute atomic E-state index is 0.0836. The van der Waals surface area contributed by atoms with Gasteiger partial charge in [0.2, 0.25) is 0 Å². The molecule has 0 aliphatic heterocycles. The van der Waals surface area contributed by atoms with Gasteiger partial charge in [0.05, 0.1) is 10.7 Å². The molecule has 1 aromatic heterocycles. The summed E-state index contributed by atoms with van der Waals surface area (Å²) in [5.74, 6) is 0.466. The van der Waals surface area contributed by atoms with Crippen LogP contribution in [-0.4, -0.2) is 9.78 Å². The first-order valence-electron chi connectivity index (χ1n) is 4.47. The molecule has 1 aromatic rings. The number of halogens is 2. The Kier molecular flexibility index (Phi) is 4.31. The summed E-state index contributed by atoms with van der Waals surface area (Å²) >= 11 is 6.46. The highest BCUT2D eigenvalue weighted by Crippen LogP contribution is 2.16. The molecule has 0 aromatic carbocycles. The highest BCUT2D eigenvalue weighted by Gasteiger charge is 2.08. The average molecular weight is 324 g/mol. The van der Waals surface area contributed by atoms with E-state index in [9.17, 15) is 4.79 Å². The predicted molar refractivity (Wildman–Crippen MR) is 63.4 cm³/mol. The molecule has 0 bridgehead atoms. The molecule has 0 fully saturated rings. The number of nitrogens with zero attached hydrogens (tertiary/aromatic N) is 2. The molecule has 0 N–H and O–H groups in total. The first kappa shape index (κ1) is 11.9. The fraction of sp³-hybridized carbons (Fsp3) is 0.556. The van der Waals surface area contributed by atoms with Crippen molar-refractivity contribution >= 4 is 31.9 Å². The molecule has 14 heavy (non-hydrogen) atoms. The number of rotatable bonds is 3. The molecule has 0 saturated heterocycles. The van der Waals surface area contributed by atoms with Gasteiger partial charge in [0, 0.05) is 6.54 Å². The molecular formula is C9H12Br2N2O. The second-order valence-electron chi connectivity index (χ2n) is 3.31. The second kappa shape index (κ2) is 5.07. The van der Waals surface area contributed by atoms with Gasteiger partial charge in [0.15, 0.2) is 0 Å². The van der Waals surface area contributed by atoms with Crippen LogP contribution < -0.4 is 5.56 Å². The molecule has 0 saturated carbocycles. The molecule has 5 heteroatoms. The van der Waals surface area contributed by atoms with Crippen LogP contribution in [0.25, 0.3) is 0 Å². The normalized spacial score (nSPS) is 12.9. The molecule has 0 amide bonds. The number of hydrogen-bond acceptors (Lipinski definition) is 2. The zero-order valence-electron chi connectivity index (χ0n) is 8.13. The summed E-state index contributed by atoms with van der Waals surface area (Å²) in [5, 5.41) is 4.05. The average Bonchev–Trinajstić information content (AvgIpc) is 2.19. The zero-order chi connectivity index (χ0) is 10.7. The van der Waals surface area contributed by atoms with Gasteiger partial charge >= 0.3 is 0 Å². The van der Waals surface area contributed by atoms with Gasteiger partial charge in [-0.05, 0) is 37.8 Å². The van der Waals surface area contributed by atoms with Crippen molar-refractivity contribution in [1.82, 2.24) is 9.78 Å². The molecule has 3 nitrogen and oxygen atoms in total.